The van der Waals surface area contributed by atoms with Crippen LogP contribution in [0.4, 0.5) is 5.82 Å². The Kier molecular flexibility index (Phi) is 6.50. The summed E-state index contributed by atoms with van der Waals surface area (Å²) in [5.74, 6) is 1.11. The molecule has 1 atom stereocenters. The van der Waals surface area contributed by atoms with Crippen LogP contribution in [0, 0.1) is 0 Å². The molecule has 0 aromatic carbocycles. The van der Waals surface area contributed by atoms with Crippen molar-refractivity contribution in [3.8, 4) is 0 Å². The molecule has 0 N–H and O–H groups in total. The highest BCUT2D eigenvalue weighted by molar-refractivity contribution is 5.39. The van der Waals surface area contributed by atoms with Crippen LogP contribution in [0.1, 0.15) is 64.5 Å². The van der Waals surface area contributed by atoms with Crippen LogP contribution in [0.15, 0.2) is 18.3 Å². The summed E-state index contributed by atoms with van der Waals surface area (Å²) in [5, 5.41) is 0. The molecule has 2 heterocycles. The van der Waals surface area contributed by atoms with E-state index in [1.165, 1.54) is 50.8 Å². The van der Waals surface area contributed by atoms with Crippen molar-refractivity contribution in [2.45, 2.75) is 58.9 Å². The molecule has 1 aromatic rings. The van der Waals surface area contributed by atoms with Gasteiger partial charge in [-0.05, 0) is 57.8 Å². The minimum Gasteiger partial charge on any atom is -0.357 e. The van der Waals surface area contributed by atoms with E-state index in [9.17, 15) is 0 Å². The number of hydrogen-bond donors (Lipinski definition) is 0. The SMILES string of the molecule is CCCCN1CCCCC1c1ccc(N(CC)CC)nc1. The third kappa shape index (κ3) is 4.19. The van der Waals surface area contributed by atoms with Crippen molar-refractivity contribution in [2.24, 2.45) is 0 Å². The molecular weight excluding hydrogens is 258 g/mol. The molecule has 1 aromatic heterocycles. The van der Waals surface area contributed by atoms with Gasteiger partial charge >= 0.3 is 0 Å². The fraction of sp³-hybridized carbons (Fsp3) is 0.722. The third-order valence-electron chi connectivity index (χ3n) is 4.66. The lowest BCUT2D eigenvalue weighted by atomic mass is 9.96. The molecular formula is C18H31N3. The number of likely N-dealkylation sites (tertiary alicyclic amines) is 1. The molecule has 0 radical (unpaired) electrons. The minimum atomic E-state index is 0.587. The van der Waals surface area contributed by atoms with Crippen LogP contribution < -0.4 is 4.90 Å². The first-order chi connectivity index (χ1) is 10.3. The number of pyridine rings is 1. The molecule has 3 heteroatoms. The van der Waals surface area contributed by atoms with Gasteiger partial charge in [0.15, 0.2) is 0 Å². The topological polar surface area (TPSA) is 19.4 Å². The maximum atomic E-state index is 4.71. The summed E-state index contributed by atoms with van der Waals surface area (Å²) in [6.45, 7) is 11.2. The number of anilines is 1. The molecule has 1 saturated heterocycles. The number of piperidine rings is 1. The molecule has 0 amide bonds. The fourth-order valence-corrected chi connectivity index (χ4v) is 3.33. The second-order valence-electron chi connectivity index (χ2n) is 6.02. The molecule has 1 unspecified atom stereocenters. The van der Waals surface area contributed by atoms with Crippen LogP contribution in [0.3, 0.4) is 0 Å². The Morgan fingerprint density at radius 2 is 2.00 bits per heavy atom. The summed E-state index contributed by atoms with van der Waals surface area (Å²) in [6, 6.07) is 5.09. The highest BCUT2D eigenvalue weighted by Gasteiger charge is 2.23. The lowest BCUT2D eigenvalue weighted by Gasteiger charge is -2.36. The molecule has 0 saturated carbocycles. The average molecular weight is 289 g/mol. The number of nitrogens with zero attached hydrogens (tertiary/aromatic N) is 3. The van der Waals surface area contributed by atoms with Gasteiger partial charge in [0, 0.05) is 25.3 Å². The van der Waals surface area contributed by atoms with E-state index < -0.39 is 0 Å². The van der Waals surface area contributed by atoms with Gasteiger partial charge in [0.1, 0.15) is 5.82 Å². The van der Waals surface area contributed by atoms with Crippen molar-refractivity contribution in [3.63, 3.8) is 0 Å². The van der Waals surface area contributed by atoms with Crippen LogP contribution in [0.2, 0.25) is 0 Å². The Hall–Kier alpha value is -1.09. The van der Waals surface area contributed by atoms with Crippen molar-refractivity contribution in [2.75, 3.05) is 31.1 Å². The standard InChI is InChI=1S/C18H31N3/c1-4-7-13-21-14-9-8-10-17(21)16-11-12-18(19-15-16)20(5-2)6-3/h11-12,15,17H,4-10,13-14H2,1-3H3. The third-order valence-corrected chi connectivity index (χ3v) is 4.66. The molecule has 3 nitrogen and oxygen atoms in total. The maximum Gasteiger partial charge on any atom is 0.128 e. The average Bonchev–Trinajstić information content (AvgIpc) is 2.55. The van der Waals surface area contributed by atoms with Crippen LogP contribution in [0.25, 0.3) is 0 Å². The van der Waals surface area contributed by atoms with Gasteiger partial charge in [0.2, 0.25) is 0 Å². The smallest absolute Gasteiger partial charge is 0.128 e. The summed E-state index contributed by atoms with van der Waals surface area (Å²) >= 11 is 0. The predicted octanol–water partition coefficient (Wildman–Crippen LogP) is 4.25. The predicted molar refractivity (Wildman–Crippen MR) is 90.9 cm³/mol. The minimum absolute atomic E-state index is 0.587. The number of aromatic nitrogens is 1. The van der Waals surface area contributed by atoms with Gasteiger partial charge in [0.05, 0.1) is 0 Å². The maximum absolute atomic E-state index is 4.71. The number of unbranched alkanes of at least 4 members (excludes halogenated alkanes) is 1. The van der Waals surface area contributed by atoms with E-state index in [1.807, 2.05) is 0 Å². The summed E-state index contributed by atoms with van der Waals surface area (Å²) in [4.78, 5) is 9.68. The normalized spacial score (nSPS) is 19.7. The number of rotatable bonds is 7. The van der Waals surface area contributed by atoms with Gasteiger partial charge in [-0.15, -0.1) is 0 Å². The van der Waals surface area contributed by atoms with E-state index in [0.717, 1.165) is 18.9 Å². The van der Waals surface area contributed by atoms with Crippen LogP contribution in [-0.2, 0) is 0 Å². The van der Waals surface area contributed by atoms with E-state index >= 15 is 0 Å². The Balaban J connectivity index is 2.08. The van der Waals surface area contributed by atoms with Gasteiger partial charge < -0.3 is 4.90 Å². The van der Waals surface area contributed by atoms with Crippen LogP contribution >= 0.6 is 0 Å². The second-order valence-corrected chi connectivity index (χ2v) is 6.02. The molecule has 21 heavy (non-hydrogen) atoms. The first kappa shape index (κ1) is 16.3. The lowest BCUT2D eigenvalue weighted by Crippen LogP contribution is -2.34. The summed E-state index contributed by atoms with van der Waals surface area (Å²) in [7, 11) is 0. The molecule has 118 valence electrons. The molecule has 0 bridgehead atoms. The molecule has 1 fully saturated rings. The summed E-state index contributed by atoms with van der Waals surface area (Å²) in [5.41, 5.74) is 1.40. The van der Waals surface area contributed by atoms with E-state index in [1.54, 1.807) is 0 Å². The quantitative estimate of drug-likeness (QED) is 0.748. The zero-order valence-electron chi connectivity index (χ0n) is 14.0. The van der Waals surface area contributed by atoms with Gasteiger partial charge in [-0.3, -0.25) is 4.90 Å². The monoisotopic (exact) mass is 289 g/mol. The zero-order chi connectivity index (χ0) is 15.1. The first-order valence-corrected chi connectivity index (χ1v) is 8.75. The van der Waals surface area contributed by atoms with E-state index in [-0.39, 0.29) is 0 Å². The molecule has 0 aliphatic carbocycles. The van der Waals surface area contributed by atoms with Crippen LogP contribution in [0.5, 0.6) is 0 Å². The Bertz CT molecular complexity index is 397. The highest BCUT2D eigenvalue weighted by atomic mass is 15.2. The van der Waals surface area contributed by atoms with E-state index in [0.29, 0.717) is 6.04 Å². The second kappa shape index (κ2) is 8.38. The van der Waals surface area contributed by atoms with Gasteiger partial charge in [-0.25, -0.2) is 4.98 Å². The Labute approximate surface area is 130 Å². The Morgan fingerprint density at radius 1 is 1.19 bits per heavy atom. The molecule has 1 aliphatic heterocycles. The number of hydrogen-bond acceptors (Lipinski definition) is 3. The molecule has 2 rings (SSSR count). The van der Waals surface area contributed by atoms with Crippen molar-refractivity contribution < 1.29 is 0 Å². The van der Waals surface area contributed by atoms with Crippen molar-refractivity contribution >= 4 is 5.82 Å². The van der Waals surface area contributed by atoms with Gasteiger partial charge in [-0.2, -0.15) is 0 Å². The van der Waals surface area contributed by atoms with E-state index in [2.05, 4.69) is 48.9 Å². The van der Waals surface area contributed by atoms with Gasteiger partial charge in [-0.1, -0.05) is 25.8 Å². The summed E-state index contributed by atoms with van der Waals surface area (Å²) in [6.07, 6.45) is 8.69. The Morgan fingerprint density at radius 3 is 2.62 bits per heavy atom. The van der Waals surface area contributed by atoms with Crippen molar-refractivity contribution in [1.29, 1.82) is 0 Å². The lowest BCUT2D eigenvalue weighted by molar-refractivity contribution is 0.146. The zero-order valence-corrected chi connectivity index (χ0v) is 14.0. The highest BCUT2D eigenvalue weighted by Crippen LogP contribution is 2.31. The first-order valence-electron chi connectivity index (χ1n) is 8.75. The van der Waals surface area contributed by atoms with Gasteiger partial charge in [0.25, 0.3) is 0 Å². The summed E-state index contributed by atoms with van der Waals surface area (Å²) < 4.78 is 0. The fourth-order valence-electron chi connectivity index (χ4n) is 3.33. The van der Waals surface area contributed by atoms with Crippen LogP contribution in [-0.4, -0.2) is 36.1 Å². The van der Waals surface area contributed by atoms with E-state index in [4.69, 9.17) is 4.98 Å². The van der Waals surface area contributed by atoms with Crippen molar-refractivity contribution in [3.05, 3.63) is 23.9 Å². The largest absolute Gasteiger partial charge is 0.357 e. The van der Waals surface area contributed by atoms with Crippen molar-refractivity contribution in [1.82, 2.24) is 9.88 Å². The molecule has 0 spiro atoms. The molecule has 1 aliphatic rings.